The molecular weight excluding hydrogens is 330 g/mol. The molecule has 1 N–H and O–H groups in total. The third-order valence-electron chi connectivity index (χ3n) is 3.32. The molecule has 1 heterocycles. The van der Waals surface area contributed by atoms with Crippen LogP contribution in [0.1, 0.15) is 32.2 Å². The molecule has 0 spiro atoms. The fraction of sp³-hybridized carbons (Fsp3) is 0.438. The van der Waals surface area contributed by atoms with Gasteiger partial charge in [0.15, 0.2) is 0 Å². The Hall–Kier alpha value is -1.49. The van der Waals surface area contributed by atoms with Crippen LogP contribution in [0, 0.1) is 0 Å². The fourth-order valence-electron chi connectivity index (χ4n) is 2.21. The molecule has 114 valence electrons. The molecule has 0 aliphatic carbocycles. The summed E-state index contributed by atoms with van der Waals surface area (Å²) < 4.78 is 8.61. The van der Waals surface area contributed by atoms with Crippen molar-refractivity contribution >= 4 is 21.6 Å². The van der Waals surface area contributed by atoms with Gasteiger partial charge in [-0.05, 0) is 60.5 Å². The maximum absolute atomic E-state index is 5.45. The van der Waals surface area contributed by atoms with Crippen LogP contribution in [0.4, 0.5) is 5.69 Å². The van der Waals surface area contributed by atoms with Crippen LogP contribution in [0.5, 0.6) is 5.75 Å². The zero-order valence-electron chi connectivity index (χ0n) is 12.8. The van der Waals surface area contributed by atoms with Crippen LogP contribution in [0.25, 0.3) is 0 Å². The van der Waals surface area contributed by atoms with Crippen molar-refractivity contribution in [3.05, 3.63) is 40.1 Å². The van der Waals surface area contributed by atoms with Gasteiger partial charge in [-0.25, -0.2) is 0 Å². The maximum atomic E-state index is 5.45. The molecule has 0 radical (unpaired) electrons. The number of benzene rings is 1. The SMILES string of the molecule is CCOc1ccc(NCc2c(Br)c(CC)nn2CC)cc1. The molecule has 0 aliphatic rings. The summed E-state index contributed by atoms with van der Waals surface area (Å²) in [5, 5.41) is 8.04. The zero-order chi connectivity index (χ0) is 15.2. The van der Waals surface area contributed by atoms with Crippen molar-refractivity contribution in [3.8, 4) is 5.75 Å². The van der Waals surface area contributed by atoms with Crippen LogP contribution in [0.3, 0.4) is 0 Å². The lowest BCUT2D eigenvalue weighted by atomic mass is 10.2. The van der Waals surface area contributed by atoms with E-state index in [9.17, 15) is 0 Å². The monoisotopic (exact) mass is 351 g/mol. The van der Waals surface area contributed by atoms with E-state index < -0.39 is 0 Å². The highest BCUT2D eigenvalue weighted by atomic mass is 79.9. The lowest BCUT2D eigenvalue weighted by molar-refractivity contribution is 0.340. The molecule has 4 nitrogen and oxygen atoms in total. The number of hydrogen-bond donors (Lipinski definition) is 1. The highest BCUT2D eigenvalue weighted by Gasteiger charge is 2.13. The Morgan fingerprint density at radius 3 is 2.48 bits per heavy atom. The van der Waals surface area contributed by atoms with Crippen LogP contribution in [-0.4, -0.2) is 16.4 Å². The summed E-state index contributed by atoms with van der Waals surface area (Å²) in [5.41, 5.74) is 3.37. The van der Waals surface area contributed by atoms with Crippen molar-refractivity contribution in [2.45, 2.75) is 40.3 Å². The second-order valence-corrected chi connectivity index (χ2v) is 5.48. The highest BCUT2D eigenvalue weighted by molar-refractivity contribution is 9.10. The number of halogens is 1. The van der Waals surface area contributed by atoms with Crippen molar-refractivity contribution in [2.24, 2.45) is 0 Å². The first-order valence-corrected chi connectivity index (χ1v) is 8.19. The summed E-state index contributed by atoms with van der Waals surface area (Å²) in [5.74, 6) is 0.899. The minimum atomic E-state index is 0.690. The molecule has 2 aromatic rings. The van der Waals surface area contributed by atoms with Crippen LogP contribution in [-0.2, 0) is 19.5 Å². The molecule has 0 amide bonds. The molecule has 1 aromatic carbocycles. The van der Waals surface area contributed by atoms with E-state index in [1.807, 2.05) is 35.9 Å². The number of anilines is 1. The number of aromatic nitrogens is 2. The van der Waals surface area contributed by atoms with Gasteiger partial charge < -0.3 is 10.1 Å². The van der Waals surface area contributed by atoms with Crippen LogP contribution < -0.4 is 10.1 Å². The smallest absolute Gasteiger partial charge is 0.119 e. The van der Waals surface area contributed by atoms with E-state index in [1.165, 1.54) is 5.69 Å². The van der Waals surface area contributed by atoms with E-state index in [-0.39, 0.29) is 0 Å². The molecule has 21 heavy (non-hydrogen) atoms. The Labute approximate surface area is 134 Å². The molecule has 0 unspecified atom stereocenters. The van der Waals surface area contributed by atoms with E-state index in [4.69, 9.17) is 4.74 Å². The Morgan fingerprint density at radius 2 is 1.90 bits per heavy atom. The van der Waals surface area contributed by atoms with Gasteiger partial charge in [0.1, 0.15) is 5.75 Å². The standard InChI is InChI=1S/C16H22BrN3O/c1-4-14-16(17)15(20(5-2)19-14)11-18-12-7-9-13(10-8-12)21-6-3/h7-10,18H,4-6,11H2,1-3H3. The summed E-state index contributed by atoms with van der Waals surface area (Å²) in [6.45, 7) is 8.53. The molecule has 0 fully saturated rings. The molecule has 0 saturated carbocycles. The predicted octanol–water partition coefficient (Wildman–Crippen LogP) is 4.24. The first-order valence-electron chi connectivity index (χ1n) is 7.40. The summed E-state index contributed by atoms with van der Waals surface area (Å²) in [7, 11) is 0. The van der Waals surface area contributed by atoms with Gasteiger partial charge in [-0.2, -0.15) is 5.10 Å². The predicted molar refractivity (Wildman–Crippen MR) is 89.9 cm³/mol. The molecular formula is C16H22BrN3O. The quantitative estimate of drug-likeness (QED) is 0.810. The van der Waals surface area contributed by atoms with Crippen LogP contribution in [0.2, 0.25) is 0 Å². The van der Waals surface area contributed by atoms with Crippen molar-refractivity contribution in [2.75, 3.05) is 11.9 Å². The molecule has 0 saturated heterocycles. The Balaban J connectivity index is 2.07. The second-order valence-electron chi connectivity index (χ2n) is 4.69. The van der Waals surface area contributed by atoms with E-state index >= 15 is 0 Å². The van der Waals surface area contributed by atoms with Gasteiger partial charge in [0.25, 0.3) is 0 Å². The average Bonchev–Trinajstić information content (AvgIpc) is 2.82. The molecule has 5 heteroatoms. The minimum absolute atomic E-state index is 0.690. The first-order chi connectivity index (χ1) is 10.2. The molecule has 0 aliphatic heterocycles. The second kappa shape index (κ2) is 7.50. The normalized spacial score (nSPS) is 10.7. The summed E-state index contributed by atoms with van der Waals surface area (Å²) >= 11 is 3.67. The van der Waals surface area contributed by atoms with Gasteiger partial charge in [0, 0.05) is 12.2 Å². The largest absolute Gasteiger partial charge is 0.494 e. The molecule has 0 bridgehead atoms. The van der Waals surface area contributed by atoms with Crippen molar-refractivity contribution in [3.63, 3.8) is 0 Å². The number of nitrogens with zero attached hydrogens (tertiary/aromatic N) is 2. The Kier molecular flexibility index (Phi) is 5.67. The lowest BCUT2D eigenvalue weighted by Gasteiger charge is -2.10. The highest BCUT2D eigenvalue weighted by Crippen LogP contribution is 2.24. The fourth-order valence-corrected chi connectivity index (χ4v) is 2.91. The van der Waals surface area contributed by atoms with Crippen LogP contribution in [0.15, 0.2) is 28.7 Å². The number of ether oxygens (including phenoxy) is 1. The van der Waals surface area contributed by atoms with E-state index in [0.29, 0.717) is 6.61 Å². The van der Waals surface area contributed by atoms with Crippen molar-refractivity contribution in [1.82, 2.24) is 9.78 Å². The van der Waals surface area contributed by atoms with Crippen molar-refractivity contribution < 1.29 is 4.74 Å². The zero-order valence-corrected chi connectivity index (χ0v) is 14.4. The summed E-state index contributed by atoms with van der Waals surface area (Å²) in [4.78, 5) is 0. The van der Waals surface area contributed by atoms with Crippen molar-refractivity contribution in [1.29, 1.82) is 0 Å². The molecule has 2 rings (SSSR count). The van der Waals surface area contributed by atoms with Gasteiger partial charge in [0.05, 0.1) is 29.0 Å². The lowest BCUT2D eigenvalue weighted by Crippen LogP contribution is -2.08. The minimum Gasteiger partial charge on any atom is -0.494 e. The summed E-state index contributed by atoms with van der Waals surface area (Å²) in [6, 6.07) is 8.03. The van der Waals surface area contributed by atoms with Gasteiger partial charge in [-0.1, -0.05) is 6.92 Å². The molecule has 0 atom stereocenters. The Morgan fingerprint density at radius 1 is 1.19 bits per heavy atom. The first kappa shape index (κ1) is 15.9. The van der Waals surface area contributed by atoms with Gasteiger partial charge in [-0.3, -0.25) is 4.68 Å². The number of hydrogen-bond acceptors (Lipinski definition) is 3. The third-order valence-corrected chi connectivity index (χ3v) is 4.23. The number of nitrogens with one attached hydrogen (secondary N) is 1. The Bertz CT molecular complexity index is 578. The number of aryl methyl sites for hydroxylation is 2. The summed E-state index contributed by atoms with van der Waals surface area (Å²) in [6.07, 6.45) is 0.934. The van der Waals surface area contributed by atoms with E-state index in [1.54, 1.807) is 0 Å². The van der Waals surface area contributed by atoms with Crippen LogP contribution >= 0.6 is 15.9 Å². The third kappa shape index (κ3) is 3.79. The average molecular weight is 352 g/mol. The maximum Gasteiger partial charge on any atom is 0.119 e. The molecule has 1 aromatic heterocycles. The van der Waals surface area contributed by atoms with Gasteiger partial charge >= 0.3 is 0 Å². The topological polar surface area (TPSA) is 39.1 Å². The van der Waals surface area contributed by atoms with E-state index in [0.717, 1.165) is 41.1 Å². The number of rotatable bonds is 7. The van der Waals surface area contributed by atoms with Gasteiger partial charge in [-0.15, -0.1) is 0 Å². The van der Waals surface area contributed by atoms with E-state index in [2.05, 4.69) is 40.2 Å². The van der Waals surface area contributed by atoms with Gasteiger partial charge in [0.2, 0.25) is 0 Å².